The lowest BCUT2D eigenvalue weighted by molar-refractivity contribution is -0.117. The highest BCUT2D eigenvalue weighted by Gasteiger charge is 2.60. The van der Waals surface area contributed by atoms with Crippen molar-refractivity contribution in [1.82, 2.24) is 25.1 Å². The van der Waals surface area contributed by atoms with Crippen LogP contribution in [0.15, 0.2) is 67.1 Å². The molecular formula is C25H24N6O2. The van der Waals surface area contributed by atoms with Crippen molar-refractivity contribution in [2.75, 3.05) is 11.9 Å². The molecule has 1 amide bonds. The summed E-state index contributed by atoms with van der Waals surface area (Å²) in [6.45, 7) is 4.12. The number of nitrogens with one attached hydrogen (secondary N) is 2. The standard InChI is InChI=1S/C25H24N6O2/c1-16-22(13-26-17(2)29-16)33-14-25(19-8-4-3-5-9-19)12-21(25)24(32)30-20-10-6-7-18(11-20)23-27-15-28-31-23/h3-11,13,15,21H,12,14H2,1-2H3,(H,30,32)(H,27,28,31)/t21-,25+/m0/s1. The van der Waals surface area contributed by atoms with Crippen molar-refractivity contribution in [1.29, 1.82) is 0 Å². The van der Waals surface area contributed by atoms with Crippen LogP contribution in [0.3, 0.4) is 0 Å². The minimum Gasteiger partial charge on any atom is -0.489 e. The predicted molar refractivity (Wildman–Crippen MR) is 124 cm³/mol. The third-order valence-corrected chi connectivity index (χ3v) is 6.10. The van der Waals surface area contributed by atoms with E-state index in [9.17, 15) is 4.79 Å². The Kier molecular flexibility index (Phi) is 5.34. The van der Waals surface area contributed by atoms with E-state index in [-0.39, 0.29) is 11.8 Å². The van der Waals surface area contributed by atoms with E-state index >= 15 is 0 Å². The molecule has 166 valence electrons. The molecule has 1 saturated carbocycles. The van der Waals surface area contributed by atoms with E-state index in [4.69, 9.17) is 4.74 Å². The molecule has 1 fully saturated rings. The molecule has 4 aromatic rings. The van der Waals surface area contributed by atoms with E-state index in [2.05, 4.69) is 42.6 Å². The van der Waals surface area contributed by atoms with E-state index < -0.39 is 5.41 Å². The molecule has 1 aliphatic rings. The Hall–Kier alpha value is -4.07. The Morgan fingerprint density at radius 1 is 1.15 bits per heavy atom. The quantitative estimate of drug-likeness (QED) is 0.452. The number of benzene rings is 2. The van der Waals surface area contributed by atoms with E-state index in [0.717, 1.165) is 16.8 Å². The molecule has 5 rings (SSSR count). The van der Waals surface area contributed by atoms with Crippen LogP contribution >= 0.6 is 0 Å². The number of anilines is 1. The van der Waals surface area contributed by atoms with Crippen molar-refractivity contribution in [3.63, 3.8) is 0 Å². The van der Waals surface area contributed by atoms with Crippen molar-refractivity contribution in [3.05, 3.63) is 84.2 Å². The number of aryl methyl sites for hydroxylation is 2. The van der Waals surface area contributed by atoms with Crippen molar-refractivity contribution < 1.29 is 9.53 Å². The molecule has 0 unspecified atom stereocenters. The molecular weight excluding hydrogens is 416 g/mol. The predicted octanol–water partition coefficient (Wildman–Crippen LogP) is 3.85. The minimum atomic E-state index is -0.398. The van der Waals surface area contributed by atoms with Crippen molar-refractivity contribution in [2.24, 2.45) is 5.92 Å². The number of ether oxygens (including phenoxy) is 1. The van der Waals surface area contributed by atoms with Crippen LogP contribution in [-0.2, 0) is 10.2 Å². The van der Waals surface area contributed by atoms with Crippen LogP contribution in [0.5, 0.6) is 5.75 Å². The molecule has 33 heavy (non-hydrogen) atoms. The van der Waals surface area contributed by atoms with Gasteiger partial charge in [-0.25, -0.2) is 15.0 Å². The summed E-state index contributed by atoms with van der Waals surface area (Å²) in [5.74, 6) is 1.75. The molecule has 0 saturated heterocycles. The average molecular weight is 441 g/mol. The van der Waals surface area contributed by atoms with Gasteiger partial charge in [-0.1, -0.05) is 42.5 Å². The highest BCUT2D eigenvalue weighted by Crippen LogP contribution is 2.55. The topological polar surface area (TPSA) is 106 Å². The number of H-pyrrole nitrogens is 1. The van der Waals surface area contributed by atoms with Gasteiger partial charge >= 0.3 is 0 Å². The Labute approximate surface area is 191 Å². The molecule has 0 bridgehead atoms. The largest absolute Gasteiger partial charge is 0.489 e. The summed E-state index contributed by atoms with van der Waals surface area (Å²) in [5.41, 5.74) is 3.05. The maximum atomic E-state index is 13.3. The number of aromatic nitrogens is 5. The van der Waals surface area contributed by atoms with Crippen LogP contribution in [0.2, 0.25) is 0 Å². The van der Waals surface area contributed by atoms with E-state index in [1.54, 1.807) is 6.20 Å². The Morgan fingerprint density at radius 3 is 2.76 bits per heavy atom. The van der Waals surface area contributed by atoms with Crippen LogP contribution in [0.1, 0.15) is 23.5 Å². The molecule has 2 atom stereocenters. The first-order chi connectivity index (χ1) is 16.0. The summed E-state index contributed by atoms with van der Waals surface area (Å²) in [4.78, 5) is 26.1. The fourth-order valence-corrected chi connectivity index (χ4v) is 4.22. The summed E-state index contributed by atoms with van der Waals surface area (Å²) in [7, 11) is 0. The Balaban J connectivity index is 1.35. The summed E-state index contributed by atoms with van der Waals surface area (Å²) < 4.78 is 6.15. The number of aromatic amines is 1. The monoisotopic (exact) mass is 440 g/mol. The maximum absolute atomic E-state index is 13.3. The highest BCUT2D eigenvalue weighted by molar-refractivity contribution is 5.96. The third kappa shape index (κ3) is 4.19. The van der Waals surface area contributed by atoms with Gasteiger partial charge < -0.3 is 10.1 Å². The van der Waals surface area contributed by atoms with Crippen LogP contribution in [0.4, 0.5) is 5.69 Å². The third-order valence-electron chi connectivity index (χ3n) is 6.10. The molecule has 0 aliphatic heterocycles. The number of carbonyl (C=O) groups is 1. The zero-order valence-electron chi connectivity index (χ0n) is 18.4. The zero-order valence-corrected chi connectivity index (χ0v) is 18.4. The summed E-state index contributed by atoms with van der Waals surface area (Å²) in [5, 5.41) is 9.80. The normalized spacial score (nSPS) is 19.2. The van der Waals surface area contributed by atoms with Gasteiger partial charge in [0.1, 0.15) is 12.2 Å². The molecule has 2 N–H and O–H groups in total. The van der Waals surface area contributed by atoms with E-state index in [0.29, 0.717) is 36.1 Å². The van der Waals surface area contributed by atoms with Crippen LogP contribution in [0, 0.1) is 19.8 Å². The van der Waals surface area contributed by atoms with Crippen molar-refractivity contribution in [2.45, 2.75) is 25.7 Å². The highest BCUT2D eigenvalue weighted by atomic mass is 16.5. The summed E-state index contributed by atoms with van der Waals surface area (Å²) >= 11 is 0. The van der Waals surface area contributed by atoms with Gasteiger partial charge in [-0.2, -0.15) is 5.10 Å². The molecule has 2 aromatic heterocycles. The molecule has 1 aliphatic carbocycles. The number of hydrogen-bond donors (Lipinski definition) is 2. The molecule has 8 heteroatoms. The molecule has 2 heterocycles. The fraction of sp³-hybridized carbons (Fsp3) is 0.240. The van der Waals surface area contributed by atoms with Crippen molar-refractivity contribution >= 4 is 11.6 Å². The van der Waals surface area contributed by atoms with Gasteiger partial charge in [-0.15, -0.1) is 0 Å². The number of rotatable bonds is 7. The zero-order chi connectivity index (χ0) is 22.8. The minimum absolute atomic E-state index is 0.0333. The van der Waals surface area contributed by atoms with Crippen LogP contribution in [0.25, 0.3) is 11.4 Å². The lowest BCUT2D eigenvalue weighted by Gasteiger charge is -2.19. The summed E-state index contributed by atoms with van der Waals surface area (Å²) in [6, 6.07) is 17.6. The second kappa shape index (κ2) is 8.46. The van der Waals surface area contributed by atoms with Gasteiger partial charge in [0.05, 0.1) is 24.4 Å². The number of amides is 1. The first-order valence-electron chi connectivity index (χ1n) is 10.8. The van der Waals surface area contributed by atoms with Crippen molar-refractivity contribution in [3.8, 4) is 17.1 Å². The first kappa shape index (κ1) is 20.8. The van der Waals surface area contributed by atoms with Gasteiger partial charge in [-0.05, 0) is 38.0 Å². The van der Waals surface area contributed by atoms with Gasteiger partial charge in [0.25, 0.3) is 0 Å². The smallest absolute Gasteiger partial charge is 0.228 e. The number of carbonyl (C=O) groups excluding carboxylic acids is 1. The van der Waals surface area contributed by atoms with Gasteiger partial charge in [0.15, 0.2) is 11.6 Å². The van der Waals surface area contributed by atoms with Crippen LogP contribution < -0.4 is 10.1 Å². The lowest BCUT2D eigenvalue weighted by Crippen LogP contribution is -2.26. The van der Waals surface area contributed by atoms with Crippen LogP contribution in [-0.4, -0.2) is 37.7 Å². The maximum Gasteiger partial charge on any atom is 0.228 e. The second-order valence-corrected chi connectivity index (χ2v) is 8.34. The number of hydrogen-bond acceptors (Lipinski definition) is 6. The molecule has 8 nitrogen and oxygen atoms in total. The van der Waals surface area contributed by atoms with Gasteiger partial charge in [0.2, 0.25) is 5.91 Å². The SMILES string of the molecule is Cc1ncc(OC[C@@]2(c3ccccc3)C[C@H]2C(=O)Nc2cccc(-c3ncn[nH]3)c2)c(C)n1. The Bertz CT molecular complexity index is 1280. The fourth-order valence-electron chi connectivity index (χ4n) is 4.22. The van der Waals surface area contributed by atoms with E-state index in [1.807, 2.05) is 56.3 Å². The molecule has 0 spiro atoms. The average Bonchev–Trinajstić information content (AvgIpc) is 3.31. The summed E-state index contributed by atoms with van der Waals surface area (Å²) in [6.07, 6.45) is 3.86. The Morgan fingerprint density at radius 2 is 2.00 bits per heavy atom. The van der Waals surface area contributed by atoms with Gasteiger partial charge in [-0.3, -0.25) is 9.89 Å². The number of nitrogens with zero attached hydrogens (tertiary/aromatic N) is 4. The molecule has 2 aromatic carbocycles. The second-order valence-electron chi connectivity index (χ2n) is 8.34. The molecule has 0 radical (unpaired) electrons. The van der Waals surface area contributed by atoms with E-state index in [1.165, 1.54) is 6.33 Å². The lowest BCUT2D eigenvalue weighted by atomic mass is 9.93. The van der Waals surface area contributed by atoms with Gasteiger partial charge in [0, 0.05) is 16.7 Å². The first-order valence-corrected chi connectivity index (χ1v) is 10.8.